The first-order valence-electron chi connectivity index (χ1n) is 5.78. The Hall–Kier alpha value is -2.00. The summed E-state index contributed by atoms with van der Waals surface area (Å²) in [5.74, 6) is -0.278. The predicted molar refractivity (Wildman–Crippen MR) is 75.8 cm³/mol. The third-order valence-corrected chi connectivity index (χ3v) is 2.99. The second-order valence-electron chi connectivity index (χ2n) is 4.21. The van der Waals surface area contributed by atoms with Crippen LogP contribution in [0.2, 0.25) is 5.02 Å². The molecule has 19 heavy (non-hydrogen) atoms. The number of benzene rings is 2. The van der Waals surface area contributed by atoms with Crippen LogP contribution >= 0.6 is 11.6 Å². The molecule has 0 saturated heterocycles. The van der Waals surface area contributed by atoms with Gasteiger partial charge >= 0.3 is 5.97 Å². The Labute approximate surface area is 116 Å². The van der Waals surface area contributed by atoms with Crippen LogP contribution in [0.25, 0.3) is 10.8 Å². The number of halogens is 1. The highest BCUT2D eigenvalue weighted by Gasteiger charge is 2.05. The monoisotopic (exact) mass is 276 g/mol. The van der Waals surface area contributed by atoms with E-state index in [0.29, 0.717) is 16.3 Å². The molecule has 2 aromatic carbocycles. The fourth-order valence-electron chi connectivity index (χ4n) is 1.80. The SMILES string of the molecule is CC(=CC(=O)O)COc1ccc(Cl)c2ccccc12. The maximum Gasteiger partial charge on any atom is 0.328 e. The normalized spacial score (nSPS) is 11.6. The number of rotatable bonds is 4. The molecule has 0 aliphatic heterocycles. The molecule has 0 saturated carbocycles. The third-order valence-electron chi connectivity index (χ3n) is 2.66. The van der Waals surface area contributed by atoms with Gasteiger partial charge in [-0.1, -0.05) is 35.9 Å². The lowest BCUT2D eigenvalue weighted by Crippen LogP contribution is -2.01. The second kappa shape index (κ2) is 5.76. The van der Waals surface area contributed by atoms with Gasteiger partial charge in [-0.05, 0) is 24.6 Å². The van der Waals surface area contributed by atoms with Gasteiger partial charge < -0.3 is 9.84 Å². The molecule has 0 unspecified atom stereocenters. The van der Waals surface area contributed by atoms with Crippen molar-refractivity contribution in [2.75, 3.05) is 6.61 Å². The number of fused-ring (bicyclic) bond motifs is 1. The Morgan fingerprint density at radius 1 is 1.26 bits per heavy atom. The smallest absolute Gasteiger partial charge is 0.328 e. The van der Waals surface area contributed by atoms with E-state index in [1.165, 1.54) is 0 Å². The summed E-state index contributed by atoms with van der Waals surface area (Å²) in [4.78, 5) is 10.5. The molecule has 0 amide bonds. The minimum absolute atomic E-state index is 0.234. The summed E-state index contributed by atoms with van der Waals surface area (Å²) in [6.07, 6.45) is 1.14. The first-order chi connectivity index (χ1) is 9.08. The van der Waals surface area contributed by atoms with E-state index in [1.807, 2.05) is 24.3 Å². The molecule has 2 rings (SSSR count). The van der Waals surface area contributed by atoms with Gasteiger partial charge in [-0.2, -0.15) is 0 Å². The van der Waals surface area contributed by atoms with Crippen LogP contribution in [-0.4, -0.2) is 17.7 Å². The molecule has 0 aliphatic carbocycles. The van der Waals surface area contributed by atoms with Crippen LogP contribution in [0.15, 0.2) is 48.0 Å². The Kier molecular flexibility index (Phi) is 4.07. The molecule has 0 fully saturated rings. The van der Waals surface area contributed by atoms with Crippen molar-refractivity contribution < 1.29 is 14.6 Å². The molecule has 0 atom stereocenters. The van der Waals surface area contributed by atoms with E-state index in [1.54, 1.807) is 19.1 Å². The maximum atomic E-state index is 10.5. The molecule has 0 spiro atoms. The van der Waals surface area contributed by atoms with E-state index in [2.05, 4.69) is 0 Å². The fourth-order valence-corrected chi connectivity index (χ4v) is 2.03. The molecule has 0 heterocycles. The minimum atomic E-state index is -0.970. The average Bonchev–Trinajstić information content (AvgIpc) is 2.37. The van der Waals surface area contributed by atoms with Crippen molar-refractivity contribution in [1.82, 2.24) is 0 Å². The quantitative estimate of drug-likeness (QED) is 0.862. The van der Waals surface area contributed by atoms with Crippen LogP contribution in [0.5, 0.6) is 5.75 Å². The number of hydrogen-bond acceptors (Lipinski definition) is 2. The second-order valence-corrected chi connectivity index (χ2v) is 4.62. The highest BCUT2D eigenvalue weighted by molar-refractivity contribution is 6.35. The highest BCUT2D eigenvalue weighted by Crippen LogP contribution is 2.31. The number of carboxylic acids is 1. The first-order valence-corrected chi connectivity index (χ1v) is 6.16. The molecular formula is C15H13ClO3. The zero-order chi connectivity index (χ0) is 13.8. The molecule has 2 aromatic rings. The van der Waals surface area contributed by atoms with Crippen LogP contribution in [0, 0.1) is 0 Å². The summed E-state index contributed by atoms with van der Waals surface area (Å²) in [5, 5.41) is 11.1. The summed E-state index contributed by atoms with van der Waals surface area (Å²) in [5.41, 5.74) is 0.645. The summed E-state index contributed by atoms with van der Waals surface area (Å²) in [6, 6.07) is 11.2. The summed E-state index contributed by atoms with van der Waals surface area (Å²) >= 11 is 6.12. The van der Waals surface area contributed by atoms with E-state index in [4.69, 9.17) is 21.4 Å². The Bertz CT molecular complexity index is 647. The Morgan fingerprint density at radius 3 is 2.63 bits per heavy atom. The van der Waals surface area contributed by atoms with Crippen molar-refractivity contribution in [3.8, 4) is 5.75 Å². The number of carbonyl (C=O) groups is 1. The van der Waals surface area contributed by atoms with Gasteiger partial charge in [0, 0.05) is 21.9 Å². The maximum absolute atomic E-state index is 10.5. The Balaban J connectivity index is 2.27. The van der Waals surface area contributed by atoms with Crippen LogP contribution in [0.4, 0.5) is 0 Å². The molecule has 0 bridgehead atoms. The minimum Gasteiger partial charge on any atom is -0.489 e. The first kappa shape index (κ1) is 13.4. The fraction of sp³-hybridized carbons (Fsp3) is 0.133. The van der Waals surface area contributed by atoms with Gasteiger partial charge in [-0.3, -0.25) is 0 Å². The van der Waals surface area contributed by atoms with E-state index >= 15 is 0 Å². The topological polar surface area (TPSA) is 46.5 Å². The van der Waals surface area contributed by atoms with Crippen LogP contribution in [-0.2, 0) is 4.79 Å². The van der Waals surface area contributed by atoms with Crippen molar-refractivity contribution in [2.45, 2.75) is 6.92 Å². The van der Waals surface area contributed by atoms with E-state index in [0.717, 1.165) is 16.8 Å². The average molecular weight is 277 g/mol. The molecule has 0 radical (unpaired) electrons. The summed E-state index contributed by atoms with van der Waals surface area (Å²) in [7, 11) is 0. The van der Waals surface area contributed by atoms with Gasteiger partial charge in [-0.15, -0.1) is 0 Å². The van der Waals surface area contributed by atoms with Crippen molar-refractivity contribution >= 4 is 28.3 Å². The lowest BCUT2D eigenvalue weighted by molar-refractivity contribution is -0.131. The van der Waals surface area contributed by atoms with Gasteiger partial charge in [0.05, 0.1) is 0 Å². The van der Waals surface area contributed by atoms with Gasteiger partial charge in [0.25, 0.3) is 0 Å². The molecule has 0 aliphatic rings. The summed E-state index contributed by atoms with van der Waals surface area (Å²) < 4.78 is 5.65. The molecule has 98 valence electrons. The zero-order valence-electron chi connectivity index (χ0n) is 10.4. The van der Waals surface area contributed by atoms with Crippen molar-refractivity contribution in [3.63, 3.8) is 0 Å². The Morgan fingerprint density at radius 2 is 1.95 bits per heavy atom. The molecule has 1 N–H and O–H groups in total. The molecular weight excluding hydrogens is 264 g/mol. The number of ether oxygens (including phenoxy) is 1. The third kappa shape index (κ3) is 3.26. The van der Waals surface area contributed by atoms with Gasteiger partial charge in [-0.25, -0.2) is 4.79 Å². The van der Waals surface area contributed by atoms with Gasteiger partial charge in [0.15, 0.2) is 0 Å². The van der Waals surface area contributed by atoms with E-state index in [9.17, 15) is 4.79 Å². The largest absolute Gasteiger partial charge is 0.489 e. The molecule has 3 nitrogen and oxygen atoms in total. The van der Waals surface area contributed by atoms with Crippen LogP contribution in [0.1, 0.15) is 6.92 Å². The van der Waals surface area contributed by atoms with E-state index < -0.39 is 5.97 Å². The molecule has 4 heteroatoms. The molecule has 0 aromatic heterocycles. The highest BCUT2D eigenvalue weighted by atomic mass is 35.5. The zero-order valence-corrected chi connectivity index (χ0v) is 11.1. The predicted octanol–water partition coefficient (Wildman–Crippen LogP) is 3.90. The lowest BCUT2D eigenvalue weighted by Gasteiger charge is -2.10. The van der Waals surface area contributed by atoms with Crippen LogP contribution < -0.4 is 4.74 Å². The number of carboxylic acid groups (broad SMARTS) is 1. The van der Waals surface area contributed by atoms with E-state index in [-0.39, 0.29) is 6.61 Å². The van der Waals surface area contributed by atoms with Crippen LogP contribution in [0.3, 0.4) is 0 Å². The summed E-state index contributed by atoms with van der Waals surface area (Å²) in [6.45, 7) is 1.95. The van der Waals surface area contributed by atoms with Crippen molar-refractivity contribution in [1.29, 1.82) is 0 Å². The number of hydrogen-bond donors (Lipinski definition) is 1. The lowest BCUT2D eigenvalue weighted by atomic mass is 10.1. The van der Waals surface area contributed by atoms with Gasteiger partial charge in [0.1, 0.15) is 12.4 Å². The van der Waals surface area contributed by atoms with Crippen molar-refractivity contribution in [2.24, 2.45) is 0 Å². The van der Waals surface area contributed by atoms with Gasteiger partial charge in [0.2, 0.25) is 0 Å². The number of aliphatic carboxylic acids is 1. The van der Waals surface area contributed by atoms with Crippen molar-refractivity contribution in [3.05, 3.63) is 53.1 Å². The standard InChI is InChI=1S/C15H13ClO3/c1-10(8-15(17)18)9-19-14-7-6-13(16)11-4-2-3-5-12(11)14/h2-8H,9H2,1H3,(H,17,18).